The van der Waals surface area contributed by atoms with E-state index >= 15 is 0 Å². The summed E-state index contributed by atoms with van der Waals surface area (Å²) >= 11 is 0. The second kappa shape index (κ2) is 6.49. The van der Waals surface area contributed by atoms with Gasteiger partial charge < -0.3 is 10.1 Å². The smallest absolute Gasteiger partial charge is 0.123 e. The van der Waals surface area contributed by atoms with Gasteiger partial charge in [0.1, 0.15) is 5.82 Å². The first-order valence-electron chi connectivity index (χ1n) is 7.17. The standard InChI is InChI=1S/C16H24FNO/c1-13(2)11-18-12-16(6-8-19-9-7-16)14-4-3-5-15(17)10-14/h3-5,10,13,18H,6-9,11-12H2,1-2H3. The fraction of sp³-hybridized carbons (Fsp3) is 0.625. The van der Waals surface area contributed by atoms with Crippen LogP contribution >= 0.6 is 0 Å². The van der Waals surface area contributed by atoms with E-state index in [1.54, 1.807) is 6.07 Å². The lowest BCUT2D eigenvalue weighted by Gasteiger charge is -2.38. The number of halogens is 1. The quantitative estimate of drug-likeness (QED) is 0.883. The maximum atomic E-state index is 13.5. The van der Waals surface area contributed by atoms with Gasteiger partial charge in [-0.25, -0.2) is 4.39 Å². The molecule has 0 amide bonds. The van der Waals surface area contributed by atoms with Crippen LogP contribution in [0.2, 0.25) is 0 Å². The van der Waals surface area contributed by atoms with Crippen LogP contribution in [-0.4, -0.2) is 26.3 Å². The van der Waals surface area contributed by atoms with Gasteiger partial charge in [0.2, 0.25) is 0 Å². The summed E-state index contributed by atoms with van der Waals surface area (Å²) in [6, 6.07) is 7.05. The van der Waals surface area contributed by atoms with E-state index in [9.17, 15) is 4.39 Å². The maximum absolute atomic E-state index is 13.5. The van der Waals surface area contributed by atoms with Gasteiger partial charge in [-0.3, -0.25) is 0 Å². The summed E-state index contributed by atoms with van der Waals surface area (Å²) in [6.45, 7) is 7.83. The number of hydrogen-bond donors (Lipinski definition) is 1. The van der Waals surface area contributed by atoms with Crippen molar-refractivity contribution in [2.24, 2.45) is 5.92 Å². The molecule has 0 aromatic heterocycles. The summed E-state index contributed by atoms with van der Waals surface area (Å²) in [6.07, 6.45) is 1.92. The van der Waals surface area contributed by atoms with Crippen LogP contribution in [0, 0.1) is 11.7 Å². The van der Waals surface area contributed by atoms with Gasteiger partial charge in [0, 0.05) is 25.2 Å². The Labute approximate surface area is 115 Å². The van der Waals surface area contributed by atoms with Gasteiger partial charge in [-0.05, 0) is 43.0 Å². The fourth-order valence-corrected chi connectivity index (χ4v) is 2.75. The van der Waals surface area contributed by atoms with Crippen molar-refractivity contribution in [3.63, 3.8) is 0 Å². The third kappa shape index (κ3) is 3.77. The van der Waals surface area contributed by atoms with E-state index < -0.39 is 0 Å². The molecule has 0 unspecified atom stereocenters. The Kier molecular flexibility index (Phi) is 4.94. The maximum Gasteiger partial charge on any atom is 0.123 e. The molecule has 3 heteroatoms. The second-order valence-electron chi connectivity index (χ2n) is 5.93. The molecule has 1 aliphatic rings. The Bertz CT molecular complexity index is 399. The van der Waals surface area contributed by atoms with Crippen LogP contribution in [0.1, 0.15) is 32.3 Å². The predicted molar refractivity (Wildman–Crippen MR) is 75.8 cm³/mol. The lowest BCUT2D eigenvalue weighted by Crippen LogP contribution is -2.43. The topological polar surface area (TPSA) is 21.3 Å². The van der Waals surface area contributed by atoms with E-state index in [-0.39, 0.29) is 11.2 Å². The van der Waals surface area contributed by atoms with E-state index in [1.165, 1.54) is 6.07 Å². The van der Waals surface area contributed by atoms with Crippen molar-refractivity contribution in [3.05, 3.63) is 35.6 Å². The molecule has 0 atom stereocenters. The number of hydrogen-bond acceptors (Lipinski definition) is 2. The molecule has 1 heterocycles. The molecule has 0 radical (unpaired) electrons. The van der Waals surface area contributed by atoms with Crippen LogP contribution in [-0.2, 0) is 10.2 Å². The van der Waals surface area contributed by atoms with E-state index in [0.717, 1.165) is 44.7 Å². The third-order valence-corrected chi connectivity index (χ3v) is 3.90. The molecule has 106 valence electrons. The molecule has 1 fully saturated rings. The summed E-state index contributed by atoms with van der Waals surface area (Å²) in [5.41, 5.74) is 1.13. The largest absolute Gasteiger partial charge is 0.381 e. The molecule has 19 heavy (non-hydrogen) atoms. The number of nitrogens with one attached hydrogen (secondary N) is 1. The van der Waals surface area contributed by atoms with Crippen LogP contribution in [0.3, 0.4) is 0 Å². The van der Waals surface area contributed by atoms with E-state index in [0.29, 0.717) is 5.92 Å². The molecule has 1 aromatic carbocycles. The first-order chi connectivity index (χ1) is 9.12. The Morgan fingerprint density at radius 3 is 2.68 bits per heavy atom. The van der Waals surface area contributed by atoms with Gasteiger partial charge in [-0.15, -0.1) is 0 Å². The van der Waals surface area contributed by atoms with Crippen LogP contribution in [0.4, 0.5) is 4.39 Å². The van der Waals surface area contributed by atoms with Crippen LogP contribution < -0.4 is 5.32 Å². The monoisotopic (exact) mass is 265 g/mol. The van der Waals surface area contributed by atoms with Gasteiger partial charge in [0.15, 0.2) is 0 Å². The second-order valence-corrected chi connectivity index (χ2v) is 5.93. The lowest BCUT2D eigenvalue weighted by atomic mass is 9.74. The zero-order chi connectivity index (χ0) is 13.7. The Morgan fingerprint density at radius 2 is 2.05 bits per heavy atom. The van der Waals surface area contributed by atoms with Gasteiger partial charge in [-0.1, -0.05) is 26.0 Å². The first-order valence-corrected chi connectivity index (χ1v) is 7.17. The van der Waals surface area contributed by atoms with Crippen molar-refractivity contribution in [2.45, 2.75) is 32.1 Å². The molecule has 1 aliphatic heterocycles. The van der Waals surface area contributed by atoms with E-state index in [2.05, 4.69) is 19.2 Å². The molecule has 2 nitrogen and oxygen atoms in total. The minimum Gasteiger partial charge on any atom is -0.381 e. The molecule has 1 aromatic rings. The van der Waals surface area contributed by atoms with Crippen molar-refractivity contribution in [3.8, 4) is 0 Å². The molecule has 1 saturated heterocycles. The van der Waals surface area contributed by atoms with Crippen molar-refractivity contribution < 1.29 is 9.13 Å². The van der Waals surface area contributed by atoms with Crippen LogP contribution in [0.25, 0.3) is 0 Å². The van der Waals surface area contributed by atoms with E-state index in [4.69, 9.17) is 4.74 Å². The van der Waals surface area contributed by atoms with Gasteiger partial charge in [0.05, 0.1) is 0 Å². The minimum atomic E-state index is -0.146. The van der Waals surface area contributed by atoms with Crippen LogP contribution in [0.5, 0.6) is 0 Å². The summed E-state index contributed by atoms with van der Waals surface area (Å²) < 4.78 is 19.0. The number of ether oxygens (including phenoxy) is 1. The van der Waals surface area contributed by atoms with E-state index in [1.807, 2.05) is 12.1 Å². The highest BCUT2D eigenvalue weighted by molar-refractivity contribution is 5.27. The van der Waals surface area contributed by atoms with Gasteiger partial charge in [-0.2, -0.15) is 0 Å². The average molecular weight is 265 g/mol. The molecule has 0 spiro atoms. The molecular weight excluding hydrogens is 241 g/mol. The summed E-state index contributed by atoms with van der Waals surface area (Å²) in [5, 5.41) is 3.54. The Hall–Kier alpha value is -0.930. The Balaban J connectivity index is 2.14. The number of benzene rings is 1. The minimum absolute atomic E-state index is 0.0231. The normalized spacial score (nSPS) is 18.7. The van der Waals surface area contributed by atoms with Gasteiger partial charge >= 0.3 is 0 Å². The first kappa shape index (κ1) is 14.5. The zero-order valence-corrected chi connectivity index (χ0v) is 11.9. The third-order valence-electron chi connectivity index (χ3n) is 3.90. The molecule has 0 bridgehead atoms. The molecule has 0 saturated carbocycles. The highest BCUT2D eigenvalue weighted by atomic mass is 19.1. The highest BCUT2D eigenvalue weighted by Crippen LogP contribution is 2.34. The van der Waals surface area contributed by atoms with Crippen molar-refractivity contribution in [2.75, 3.05) is 26.3 Å². The summed E-state index contributed by atoms with van der Waals surface area (Å²) in [7, 11) is 0. The summed E-state index contributed by atoms with van der Waals surface area (Å²) in [4.78, 5) is 0. The average Bonchev–Trinajstić information content (AvgIpc) is 2.39. The zero-order valence-electron chi connectivity index (χ0n) is 11.9. The predicted octanol–water partition coefficient (Wildman–Crippen LogP) is 3.12. The fourth-order valence-electron chi connectivity index (χ4n) is 2.75. The van der Waals surface area contributed by atoms with Crippen molar-refractivity contribution in [1.29, 1.82) is 0 Å². The molecule has 2 rings (SSSR count). The van der Waals surface area contributed by atoms with Crippen LogP contribution in [0.15, 0.2) is 24.3 Å². The van der Waals surface area contributed by atoms with Gasteiger partial charge in [0.25, 0.3) is 0 Å². The number of rotatable bonds is 5. The van der Waals surface area contributed by atoms with Crippen molar-refractivity contribution >= 4 is 0 Å². The molecular formula is C16H24FNO. The SMILES string of the molecule is CC(C)CNCC1(c2cccc(F)c2)CCOCC1. The highest BCUT2D eigenvalue weighted by Gasteiger charge is 2.34. The lowest BCUT2D eigenvalue weighted by molar-refractivity contribution is 0.0496. The molecule has 1 N–H and O–H groups in total. The van der Waals surface area contributed by atoms with Crippen molar-refractivity contribution in [1.82, 2.24) is 5.32 Å². The molecule has 0 aliphatic carbocycles. The Morgan fingerprint density at radius 1 is 1.32 bits per heavy atom. The summed E-state index contributed by atoms with van der Waals surface area (Å²) in [5.74, 6) is 0.483.